The number of esters is 1. The number of benzene rings is 3. The molecule has 31 heavy (non-hydrogen) atoms. The second-order valence-corrected chi connectivity index (χ2v) is 6.43. The molecule has 6 heteroatoms. The summed E-state index contributed by atoms with van der Waals surface area (Å²) in [4.78, 5) is 25.0. The molecule has 0 aliphatic rings. The average molecular weight is 418 g/mol. The fraction of sp³-hybridized carbons (Fsp3) is 0.120. The summed E-state index contributed by atoms with van der Waals surface area (Å²) in [7, 11) is 4.52. The highest BCUT2D eigenvalue weighted by atomic mass is 16.6. The maximum absolute atomic E-state index is 12.7. The van der Waals surface area contributed by atoms with Gasteiger partial charge >= 0.3 is 5.97 Å². The molecule has 0 amide bonds. The third-order valence-corrected chi connectivity index (χ3v) is 4.50. The zero-order valence-corrected chi connectivity index (χ0v) is 17.5. The molecule has 3 aromatic carbocycles. The van der Waals surface area contributed by atoms with Crippen molar-refractivity contribution in [2.45, 2.75) is 0 Å². The Balaban J connectivity index is 1.79. The fourth-order valence-corrected chi connectivity index (χ4v) is 2.87. The minimum absolute atomic E-state index is 0.241. The number of hydrogen-bond acceptors (Lipinski definition) is 6. The van der Waals surface area contributed by atoms with Crippen molar-refractivity contribution in [3.8, 4) is 23.0 Å². The number of rotatable bonds is 8. The van der Waals surface area contributed by atoms with Gasteiger partial charge in [0.1, 0.15) is 11.5 Å². The van der Waals surface area contributed by atoms with Crippen LogP contribution in [0.5, 0.6) is 23.0 Å². The predicted molar refractivity (Wildman–Crippen MR) is 117 cm³/mol. The lowest BCUT2D eigenvalue weighted by Gasteiger charge is -2.10. The van der Waals surface area contributed by atoms with Crippen molar-refractivity contribution in [1.82, 2.24) is 0 Å². The van der Waals surface area contributed by atoms with Crippen molar-refractivity contribution in [2.75, 3.05) is 21.3 Å². The smallest absolute Gasteiger partial charge is 0.343 e. The predicted octanol–water partition coefficient (Wildman–Crippen LogP) is 4.83. The molecule has 3 rings (SSSR count). The Hall–Kier alpha value is -4.06. The highest BCUT2D eigenvalue weighted by Crippen LogP contribution is 2.30. The number of ether oxygens (including phenoxy) is 4. The van der Waals surface area contributed by atoms with Gasteiger partial charge in [0.25, 0.3) is 0 Å². The molecule has 0 N–H and O–H groups in total. The lowest BCUT2D eigenvalue weighted by atomic mass is 10.1. The van der Waals surface area contributed by atoms with Crippen LogP contribution in [0, 0.1) is 0 Å². The number of ketones is 1. The lowest BCUT2D eigenvalue weighted by Crippen LogP contribution is -2.09. The maximum Gasteiger partial charge on any atom is 0.343 e. The van der Waals surface area contributed by atoms with Gasteiger partial charge < -0.3 is 18.9 Å². The van der Waals surface area contributed by atoms with Crippen LogP contribution in [0.1, 0.15) is 26.3 Å². The van der Waals surface area contributed by atoms with Crippen LogP contribution < -0.4 is 18.9 Å². The topological polar surface area (TPSA) is 71.1 Å². The molecule has 0 aliphatic carbocycles. The second kappa shape index (κ2) is 10.1. The van der Waals surface area contributed by atoms with Gasteiger partial charge in [-0.2, -0.15) is 0 Å². The largest absolute Gasteiger partial charge is 0.497 e. The summed E-state index contributed by atoms with van der Waals surface area (Å²) in [6.45, 7) is 0. The highest BCUT2D eigenvalue weighted by molar-refractivity contribution is 6.09. The van der Waals surface area contributed by atoms with E-state index in [0.29, 0.717) is 33.9 Å². The Morgan fingerprint density at radius 2 is 1.45 bits per heavy atom. The van der Waals surface area contributed by atoms with Gasteiger partial charge in [0, 0.05) is 0 Å². The molecular formula is C25H22O6. The van der Waals surface area contributed by atoms with E-state index in [-0.39, 0.29) is 11.5 Å². The molecule has 0 unspecified atom stereocenters. The zero-order chi connectivity index (χ0) is 22.2. The van der Waals surface area contributed by atoms with Gasteiger partial charge in [0.2, 0.25) is 0 Å². The van der Waals surface area contributed by atoms with Gasteiger partial charge in [-0.05, 0) is 54.1 Å². The van der Waals surface area contributed by atoms with Crippen LogP contribution in [-0.4, -0.2) is 33.1 Å². The molecule has 0 bridgehead atoms. The molecule has 158 valence electrons. The van der Waals surface area contributed by atoms with Crippen molar-refractivity contribution >= 4 is 17.8 Å². The van der Waals surface area contributed by atoms with E-state index in [1.54, 1.807) is 66.7 Å². The Morgan fingerprint density at radius 1 is 0.742 bits per heavy atom. The number of carbonyl (C=O) groups is 2. The van der Waals surface area contributed by atoms with Crippen LogP contribution in [0.15, 0.2) is 72.8 Å². The first-order valence-corrected chi connectivity index (χ1v) is 9.45. The summed E-state index contributed by atoms with van der Waals surface area (Å²) in [5.74, 6) is 0.948. The van der Waals surface area contributed by atoms with E-state index >= 15 is 0 Å². The lowest BCUT2D eigenvalue weighted by molar-refractivity contribution is 0.0729. The van der Waals surface area contributed by atoms with Crippen molar-refractivity contribution in [3.05, 3.63) is 89.5 Å². The molecule has 6 nitrogen and oxygen atoms in total. The molecule has 0 saturated carbocycles. The van der Waals surface area contributed by atoms with Gasteiger partial charge in [0.15, 0.2) is 17.3 Å². The Morgan fingerprint density at radius 3 is 2.13 bits per heavy atom. The van der Waals surface area contributed by atoms with E-state index in [4.69, 9.17) is 18.9 Å². The molecule has 0 aromatic heterocycles. The third kappa shape index (κ3) is 5.30. The average Bonchev–Trinajstić information content (AvgIpc) is 2.83. The van der Waals surface area contributed by atoms with Crippen LogP contribution in [0.3, 0.4) is 0 Å². The number of methoxy groups -OCH3 is 3. The Bertz CT molecular complexity index is 1100. The minimum atomic E-state index is -0.484. The van der Waals surface area contributed by atoms with Crippen LogP contribution in [0.4, 0.5) is 0 Å². The molecule has 0 spiro atoms. The van der Waals surface area contributed by atoms with E-state index in [1.165, 1.54) is 27.4 Å². The standard InChI is InChI=1S/C25H22O6/c1-28-19-11-14-22(29-2)20(16-19)21(26)12-9-17-10-13-23(24(15-17)30-3)31-25(27)18-7-5-4-6-8-18/h4-16H,1-3H3/b12-9+. The summed E-state index contributed by atoms with van der Waals surface area (Å²) in [5.41, 5.74) is 1.52. The Labute approximate surface area is 180 Å². The molecule has 0 atom stereocenters. The number of hydrogen-bond donors (Lipinski definition) is 0. The quantitative estimate of drug-likeness (QED) is 0.226. The normalized spacial score (nSPS) is 10.5. The van der Waals surface area contributed by atoms with E-state index in [0.717, 1.165) is 0 Å². The van der Waals surface area contributed by atoms with Crippen molar-refractivity contribution in [3.63, 3.8) is 0 Å². The van der Waals surface area contributed by atoms with Crippen LogP contribution >= 0.6 is 0 Å². The molecule has 0 aliphatic heterocycles. The van der Waals surface area contributed by atoms with Crippen LogP contribution in [0.2, 0.25) is 0 Å². The highest BCUT2D eigenvalue weighted by Gasteiger charge is 2.13. The van der Waals surface area contributed by atoms with E-state index in [1.807, 2.05) is 6.07 Å². The number of allylic oxidation sites excluding steroid dienone is 1. The maximum atomic E-state index is 12.7. The molecule has 0 heterocycles. The van der Waals surface area contributed by atoms with Gasteiger partial charge in [-0.15, -0.1) is 0 Å². The van der Waals surface area contributed by atoms with Crippen LogP contribution in [-0.2, 0) is 0 Å². The molecular weight excluding hydrogens is 396 g/mol. The van der Waals surface area contributed by atoms with E-state index < -0.39 is 5.97 Å². The zero-order valence-electron chi connectivity index (χ0n) is 17.5. The molecule has 0 radical (unpaired) electrons. The minimum Gasteiger partial charge on any atom is -0.497 e. The van der Waals surface area contributed by atoms with Crippen molar-refractivity contribution in [1.29, 1.82) is 0 Å². The van der Waals surface area contributed by atoms with Crippen LogP contribution in [0.25, 0.3) is 6.08 Å². The van der Waals surface area contributed by atoms with Crippen molar-refractivity contribution in [2.24, 2.45) is 0 Å². The van der Waals surface area contributed by atoms with Gasteiger partial charge in [-0.25, -0.2) is 4.79 Å². The summed E-state index contributed by atoms with van der Waals surface area (Å²) in [5, 5.41) is 0. The fourth-order valence-electron chi connectivity index (χ4n) is 2.87. The molecule has 3 aromatic rings. The molecule has 0 saturated heterocycles. The molecule has 0 fully saturated rings. The van der Waals surface area contributed by atoms with Crippen molar-refractivity contribution < 1.29 is 28.5 Å². The summed E-state index contributed by atoms with van der Waals surface area (Å²) in [6.07, 6.45) is 3.08. The first kappa shape index (κ1) is 21.6. The van der Waals surface area contributed by atoms with Gasteiger partial charge in [-0.3, -0.25) is 4.79 Å². The van der Waals surface area contributed by atoms with E-state index in [9.17, 15) is 9.59 Å². The van der Waals surface area contributed by atoms with Gasteiger partial charge in [0.05, 0.1) is 32.5 Å². The van der Waals surface area contributed by atoms with Gasteiger partial charge in [-0.1, -0.05) is 30.3 Å². The SMILES string of the molecule is COc1ccc(OC)c(C(=O)/C=C/c2ccc(OC(=O)c3ccccc3)c(OC)c2)c1. The summed E-state index contributed by atoms with van der Waals surface area (Å²) in [6, 6.07) is 18.7. The monoisotopic (exact) mass is 418 g/mol. The first-order chi connectivity index (χ1) is 15.0. The number of carbonyl (C=O) groups excluding carboxylic acids is 2. The summed E-state index contributed by atoms with van der Waals surface area (Å²) >= 11 is 0. The summed E-state index contributed by atoms with van der Waals surface area (Å²) < 4.78 is 21.2. The first-order valence-electron chi connectivity index (χ1n) is 9.45. The second-order valence-electron chi connectivity index (χ2n) is 6.43. The Kier molecular flexibility index (Phi) is 7.06. The van der Waals surface area contributed by atoms with E-state index in [2.05, 4.69) is 0 Å². The third-order valence-electron chi connectivity index (χ3n) is 4.50.